The van der Waals surface area contributed by atoms with Gasteiger partial charge in [-0.3, -0.25) is 4.99 Å². The van der Waals surface area contributed by atoms with E-state index in [9.17, 15) is 0 Å². The molecule has 0 radical (unpaired) electrons. The van der Waals surface area contributed by atoms with Crippen LogP contribution < -0.4 is 5.32 Å². The highest BCUT2D eigenvalue weighted by Gasteiger charge is 2.21. The third-order valence-electron chi connectivity index (χ3n) is 2.70. The van der Waals surface area contributed by atoms with Crippen molar-refractivity contribution < 1.29 is 4.74 Å². The molecule has 0 saturated carbocycles. The predicted octanol–water partition coefficient (Wildman–Crippen LogP) is 1.31. The molecule has 0 amide bonds. The number of hydrogen-bond donors (Lipinski definition) is 1. The second-order valence-corrected chi connectivity index (χ2v) is 3.75. The summed E-state index contributed by atoms with van der Waals surface area (Å²) in [5, 5.41) is 3.13. The summed E-state index contributed by atoms with van der Waals surface area (Å²) in [6.07, 6.45) is 7.75. The minimum atomic E-state index is 0. The van der Waals surface area contributed by atoms with Crippen molar-refractivity contribution in [1.29, 1.82) is 0 Å². The van der Waals surface area contributed by atoms with Crippen LogP contribution in [0.5, 0.6) is 0 Å². The van der Waals surface area contributed by atoms with Crippen molar-refractivity contribution in [2.75, 3.05) is 33.3 Å². The number of rotatable bonds is 3. The molecule has 1 aliphatic heterocycles. The summed E-state index contributed by atoms with van der Waals surface area (Å²) in [5.74, 6) is 3.45. The third kappa shape index (κ3) is 5.59. The van der Waals surface area contributed by atoms with Crippen molar-refractivity contribution >= 4 is 29.9 Å². The van der Waals surface area contributed by atoms with Crippen LogP contribution in [0.2, 0.25) is 0 Å². The highest BCUT2D eigenvalue weighted by molar-refractivity contribution is 14.0. The Bertz CT molecular complexity index is 267. The number of hydrogen-bond acceptors (Lipinski definition) is 2. The van der Waals surface area contributed by atoms with Gasteiger partial charge in [0.2, 0.25) is 0 Å². The SMILES string of the molecule is C#CCNC(=NC)N1CCC(OCC)CC1.I. The van der Waals surface area contributed by atoms with Crippen LogP contribution in [0.1, 0.15) is 19.8 Å². The molecule has 0 aromatic rings. The molecular weight excluding hydrogens is 329 g/mol. The average molecular weight is 351 g/mol. The summed E-state index contributed by atoms with van der Waals surface area (Å²) in [6.45, 7) is 5.33. The minimum absolute atomic E-state index is 0. The van der Waals surface area contributed by atoms with E-state index >= 15 is 0 Å². The lowest BCUT2D eigenvalue weighted by Crippen LogP contribution is -2.47. The Morgan fingerprint density at radius 3 is 2.65 bits per heavy atom. The number of piperidine rings is 1. The van der Waals surface area contributed by atoms with Gasteiger partial charge in [-0.1, -0.05) is 5.92 Å². The number of aliphatic imine (C=N–C) groups is 1. The van der Waals surface area contributed by atoms with E-state index in [-0.39, 0.29) is 24.0 Å². The molecule has 0 atom stereocenters. The van der Waals surface area contributed by atoms with Crippen molar-refractivity contribution in [3.8, 4) is 12.3 Å². The first-order valence-electron chi connectivity index (χ1n) is 5.82. The quantitative estimate of drug-likeness (QED) is 0.361. The largest absolute Gasteiger partial charge is 0.378 e. The molecule has 0 spiro atoms. The normalized spacial score (nSPS) is 17.2. The van der Waals surface area contributed by atoms with Gasteiger partial charge in [-0.2, -0.15) is 0 Å². The molecule has 1 heterocycles. The van der Waals surface area contributed by atoms with Crippen molar-refractivity contribution in [2.45, 2.75) is 25.9 Å². The monoisotopic (exact) mass is 351 g/mol. The lowest BCUT2D eigenvalue weighted by atomic mass is 10.1. The maximum Gasteiger partial charge on any atom is 0.194 e. The van der Waals surface area contributed by atoms with Crippen LogP contribution in [-0.4, -0.2) is 50.3 Å². The lowest BCUT2D eigenvalue weighted by molar-refractivity contribution is 0.0264. The van der Waals surface area contributed by atoms with Gasteiger partial charge in [-0.25, -0.2) is 0 Å². The summed E-state index contributed by atoms with van der Waals surface area (Å²) in [7, 11) is 1.79. The van der Waals surface area contributed by atoms with E-state index in [1.54, 1.807) is 7.05 Å². The maximum absolute atomic E-state index is 5.61. The Balaban J connectivity index is 0.00000256. The number of halogens is 1. The number of guanidine groups is 1. The first kappa shape index (κ1) is 16.5. The summed E-state index contributed by atoms with van der Waals surface area (Å²) >= 11 is 0. The maximum atomic E-state index is 5.61. The first-order chi connectivity index (χ1) is 7.81. The van der Waals surface area contributed by atoms with Crippen molar-refractivity contribution in [2.24, 2.45) is 4.99 Å². The summed E-state index contributed by atoms with van der Waals surface area (Å²) in [4.78, 5) is 6.44. The molecule has 1 N–H and O–H groups in total. The molecule has 0 aromatic heterocycles. The molecule has 0 aliphatic carbocycles. The smallest absolute Gasteiger partial charge is 0.194 e. The van der Waals surface area contributed by atoms with Gasteiger partial charge in [-0.05, 0) is 19.8 Å². The molecule has 17 heavy (non-hydrogen) atoms. The van der Waals surface area contributed by atoms with Crippen LogP contribution in [0.3, 0.4) is 0 Å². The van der Waals surface area contributed by atoms with E-state index in [0.29, 0.717) is 12.6 Å². The number of ether oxygens (including phenoxy) is 1. The predicted molar refractivity (Wildman–Crippen MR) is 81.8 cm³/mol. The second kappa shape index (κ2) is 9.54. The number of terminal acetylenes is 1. The molecule has 4 nitrogen and oxygen atoms in total. The molecule has 0 aromatic carbocycles. The van der Waals surface area contributed by atoms with Crippen molar-refractivity contribution in [3.05, 3.63) is 0 Å². The highest BCUT2D eigenvalue weighted by Crippen LogP contribution is 2.13. The zero-order chi connectivity index (χ0) is 11.8. The van der Waals surface area contributed by atoms with Crippen LogP contribution >= 0.6 is 24.0 Å². The van der Waals surface area contributed by atoms with Gasteiger partial charge >= 0.3 is 0 Å². The third-order valence-corrected chi connectivity index (χ3v) is 2.70. The van der Waals surface area contributed by atoms with Crippen LogP contribution in [0.15, 0.2) is 4.99 Å². The highest BCUT2D eigenvalue weighted by atomic mass is 127. The van der Waals surface area contributed by atoms with Crippen LogP contribution in [-0.2, 0) is 4.74 Å². The second-order valence-electron chi connectivity index (χ2n) is 3.75. The Hall–Kier alpha value is -0.480. The zero-order valence-corrected chi connectivity index (χ0v) is 12.9. The molecule has 1 fully saturated rings. The van der Waals surface area contributed by atoms with Crippen LogP contribution in [0, 0.1) is 12.3 Å². The van der Waals surface area contributed by atoms with E-state index in [0.717, 1.165) is 38.5 Å². The van der Waals surface area contributed by atoms with Gasteiger partial charge < -0.3 is 15.0 Å². The summed E-state index contributed by atoms with van der Waals surface area (Å²) in [6, 6.07) is 0. The molecule has 1 rings (SSSR count). The summed E-state index contributed by atoms with van der Waals surface area (Å²) < 4.78 is 5.61. The fourth-order valence-electron chi connectivity index (χ4n) is 1.93. The first-order valence-corrected chi connectivity index (χ1v) is 5.82. The molecule has 1 saturated heterocycles. The lowest BCUT2D eigenvalue weighted by Gasteiger charge is -2.33. The van der Waals surface area contributed by atoms with E-state index in [2.05, 4.69) is 21.1 Å². The number of likely N-dealkylation sites (tertiary alicyclic amines) is 1. The number of nitrogens with one attached hydrogen (secondary N) is 1. The Morgan fingerprint density at radius 1 is 1.53 bits per heavy atom. The average Bonchev–Trinajstić information content (AvgIpc) is 2.32. The molecule has 0 bridgehead atoms. The van der Waals surface area contributed by atoms with Crippen molar-refractivity contribution in [1.82, 2.24) is 10.2 Å². The van der Waals surface area contributed by atoms with Crippen LogP contribution in [0.25, 0.3) is 0 Å². The van der Waals surface area contributed by atoms with Gasteiger partial charge in [0.15, 0.2) is 5.96 Å². The topological polar surface area (TPSA) is 36.9 Å². The summed E-state index contributed by atoms with van der Waals surface area (Å²) in [5.41, 5.74) is 0. The van der Waals surface area contributed by atoms with E-state index in [1.807, 2.05) is 6.92 Å². The van der Waals surface area contributed by atoms with Gasteiger partial charge in [0.05, 0.1) is 12.6 Å². The molecular formula is C12H22IN3O. The Labute approximate surface area is 121 Å². The van der Waals surface area contributed by atoms with Crippen molar-refractivity contribution in [3.63, 3.8) is 0 Å². The molecule has 1 aliphatic rings. The van der Waals surface area contributed by atoms with E-state index < -0.39 is 0 Å². The van der Waals surface area contributed by atoms with E-state index in [1.165, 1.54) is 0 Å². The zero-order valence-electron chi connectivity index (χ0n) is 10.6. The van der Waals surface area contributed by atoms with Crippen LogP contribution in [0.4, 0.5) is 0 Å². The standard InChI is InChI=1S/C12H21N3O.HI/c1-4-8-14-12(13-3)15-9-6-11(7-10-15)16-5-2;/h1,11H,5-10H2,2-3H3,(H,13,14);1H. The minimum Gasteiger partial charge on any atom is -0.378 e. The van der Waals surface area contributed by atoms with Gasteiger partial charge in [-0.15, -0.1) is 30.4 Å². The Morgan fingerprint density at radius 2 is 2.18 bits per heavy atom. The fraction of sp³-hybridized carbons (Fsp3) is 0.750. The number of nitrogens with zero attached hydrogens (tertiary/aromatic N) is 2. The van der Waals surface area contributed by atoms with Gasteiger partial charge in [0, 0.05) is 26.7 Å². The fourth-order valence-corrected chi connectivity index (χ4v) is 1.93. The molecule has 0 unspecified atom stereocenters. The van der Waals surface area contributed by atoms with Gasteiger partial charge in [0.25, 0.3) is 0 Å². The molecule has 98 valence electrons. The van der Waals surface area contributed by atoms with Gasteiger partial charge in [0.1, 0.15) is 0 Å². The molecule has 5 heteroatoms. The van der Waals surface area contributed by atoms with E-state index in [4.69, 9.17) is 11.2 Å². The Kier molecular flexibility index (Phi) is 9.27.